The molecule has 1 heterocycles. The van der Waals surface area contributed by atoms with Crippen LogP contribution in [0.3, 0.4) is 0 Å². The molecular formula is C19H16Cl2N2O4S. The van der Waals surface area contributed by atoms with Crippen LogP contribution in [0.4, 0.5) is 10.8 Å². The van der Waals surface area contributed by atoms with Gasteiger partial charge in [0.25, 0.3) is 0 Å². The number of ether oxygens (including phenoxy) is 2. The van der Waals surface area contributed by atoms with Crippen molar-refractivity contribution in [2.24, 2.45) is 0 Å². The molecule has 1 aromatic heterocycles. The van der Waals surface area contributed by atoms with E-state index in [1.54, 1.807) is 50.6 Å². The highest BCUT2D eigenvalue weighted by Crippen LogP contribution is 2.40. The summed E-state index contributed by atoms with van der Waals surface area (Å²) in [7, 11) is 3.10. The maximum atomic E-state index is 11.4. The lowest BCUT2D eigenvalue weighted by Gasteiger charge is -2.10. The molecule has 0 radical (unpaired) electrons. The van der Waals surface area contributed by atoms with Crippen molar-refractivity contribution < 1.29 is 19.4 Å². The fraction of sp³-hybridized carbons (Fsp3) is 0.158. The number of anilines is 2. The van der Waals surface area contributed by atoms with Gasteiger partial charge < -0.3 is 19.9 Å². The predicted octanol–water partition coefficient (Wildman–Crippen LogP) is 5.50. The normalized spacial score (nSPS) is 10.6. The van der Waals surface area contributed by atoms with Gasteiger partial charge in [-0.25, -0.2) is 4.98 Å². The molecule has 0 aliphatic rings. The molecule has 0 amide bonds. The summed E-state index contributed by atoms with van der Waals surface area (Å²) in [5.41, 5.74) is 1.72. The molecule has 3 rings (SSSR count). The first kappa shape index (κ1) is 20.3. The second kappa shape index (κ2) is 8.68. The third kappa shape index (κ3) is 4.32. The number of carboxylic acid groups (broad SMARTS) is 1. The van der Waals surface area contributed by atoms with Crippen LogP contribution in [0.25, 0.3) is 11.3 Å². The Balaban J connectivity index is 2.08. The van der Waals surface area contributed by atoms with Gasteiger partial charge in [0.2, 0.25) is 0 Å². The smallest absolute Gasteiger partial charge is 0.308 e. The average Bonchev–Trinajstić information content (AvgIpc) is 3.06. The third-order valence-electron chi connectivity index (χ3n) is 3.86. The van der Waals surface area contributed by atoms with Crippen molar-refractivity contribution in [1.29, 1.82) is 0 Å². The number of carboxylic acids is 1. The van der Waals surface area contributed by atoms with Crippen LogP contribution in [-0.4, -0.2) is 30.3 Å². The maximum Gasteiger partial charge on any atom is 0.308 e. The van der Waals surface area contributed by atoms with Crippen molar-refractivity contribution in [3.63, 3.8) is 0 Å². The summed E-state index contributed by atoms with van der Waals surface area (Å²) in [5.74, 6) is 0.210. The van der Waals surface area contributed by atoms with E-state index in [1.807, 2.05) is 0 Å². The van der Waals surface area contributed by atoms with Crippen LogP contribution in [0.1, 0.15) is 4.88 Å². The highest BCUT2D eigenvalue weighted by Gasteiger charge is 2.20. The molecule has 0 unspecified atom stereocenters. The zero-order valence-electron chi connectivity index (χ0n) is 15.0. The number of nitrogens with zero attached hydrogens (tertiary/aromatic N) is 1. The number of rotatable bonds is 7. The first-order valence-electron chi connectivity index (χ1n) is 8.08. The molecule has 0 atom stereocenters. The van der Waals surface area contributed by atoms with Gasteiger partial charge in [-0.2, -0.15) is 0 Å². The molecule has 0 spiro atoms. The van der Waals surface area contributed by atoms with Crippen LogP contribution in [0.5, 0.6) is 11.5 Å². The van der Waals surface area contributed by atoms with Gasteiger partial charge in [-0.15, -0.1) is 11.3 Å². The van der Waals surface area contributed by atoms with Crippen molar-refractivity contribution in [3.05, 3.63) is 51.3 Å². The number of methoxy groups -OCH3 is 2. The summed E-state index contributed by atoms with van der Waals surface area (Å²) in [6.45, 7) is 0. The number of benzene rings is 2. The zero-order chi connectivity index (χ0) is 20.3. The maximum absolute atomic E-state index is 11.4. The second-order valence-electron chi connectivity index (χ2n) is 5.65. The summed E-state index contributed by atoms with van der Waals surface area (Å²) in [6, 6.07) is 10.5. The highest BCUT2D eigenvalue weighted by atomic mass is 35.5. The van der Waals surface area contributed by atoms with Crippen LogP contribution >= 0.6 is 34.5 Å². The summed E-state index contributed by atoms with van der Waals surface area (Å²) >= 11 is 13.5. The lowest BCUT2D eigenvalue weighted by Crippen LogP contribution is -2.00. The minimum absolute atomic E-state index is 0.182. The van der Waals surface area contributed by atoms with E-state index in [0.29, 0.717) is 48.5 Å². The van der Waals surface area contributed by atoms with Crippen LogP contribution in [-0.2, 0) is 11.2 Å². The van der Waals surface area contributed by atoms with Gasteiger partial charge in [-0.3, -0.25) is 4.79 Å². The second-order valence-corrected chi connectivity index (χ2v) is 7.52. The van der Waals surface area contributed by atoms with Gasteiger partial charge in [0.1, 0.15) is 11.5 Å². The first-order valence-corrected chi connectivity index (χ1v) is 9.65. The zero-order valence-corrected chi connectivity index (χ0v) is 17.3. The van der Waals surface area contributed by atoms with Crippen LogP contribution < -0.4 is 14.8 Å². The van der Waals surface area contributed by atoms with Crippen molar-refractivity contribution in [1.82, 2.24) is 4.98 Å². The molecule has 0 aliphatic carbocycles. The van der Waals surface area contributed by atoms with E-state index in [0.717, 1.165) is 0 Å². The van der Waals surface area contributed by atoms with E-state index >= 15 is 0 Å². The fourth-order valence-corrected chi connectivity index (χ4v) is 3.91. The van der Waals surface area contributed by atoms with E-state index in [1.165, 1.54) is 11.3 Å². The average molecular weight is 439 g/mol. The van der Waals surface area contributed by atoms with Crippen LogP contribution in [0.2, 0.25) is 10.0 Å². The minimum atomic E-state index is -0.959. The molecule has 0 aliphatic heterocycles. The standard InChI is InChI=1S/C19H16Cl2N2O4S/c1-26-10-6-7-14(27-2)11(8-10)18-15(9-16(24)25)28-19(23-18)22-13-5-3-4-12(20)17(13)21/h3-8H,9H2,1-2H3,(H,22,23)(H,24,25). The Morgan fingerprint density at radius 2 is 2.00 bits per heavy atom. The van der Waals surface area contributed by atoms with Crippen LogP contribution in [0, 0.1) is 0 Å². The van der Waals surface area contributed by atoms with Crippen LogP contribution in [0.15, 0.2) is 36.4 Å². The monoisotopic (exact) mass is 438 g/mol. The Hall–Kier alpha value is -2.48. The van der Waals surface area contributed by atoms with E-state index in [9.17, 15) is 9.90 Å². The Bertz CT molecular complexity index is 1020. The van der Waals surface area contributed by atoms with Crippen molar-refractivity contribution >= 4 is 51.3 Å². The Morgan fingerprint density at radius 3 is 2.68 bits per heavy atom. The molecule has 2 aromatic carbocycles. The van der Waals surface area contributed by atoms with Gasteiger partial charge in [0.05, 0.1) is 42.1 Å². The SMILES string of the molecule is COc1ccc(OC)c(-c2nc(Nc3cccc(Cl)c3Cl)sc2CC(=O)O)c1. The molecule has 146 valence electrons. The van der Waals surface area contributed by atoms with Crippen molar-refractivity contribution in [2.75, 3.05) is 19.5 Å². The molecule has 9 heteroatoms. The number of thiazole rings is 1. The van der Waals surface area contributed by atoms with Gasteiger partial charge in [0.15, 0.2) is 5.13 Å². The van der Waals surface area contributed by atoms with Crippen molar-refractivity contribution in [2.45, 2.75) is 6.42 Å². The first-order chi connectivity index (χ1) is 13.4. The molecule has 0 fully saturated rings. The summed E-state index contributed by atoms with van der Waals surface area (Å²) < 4.78 is 10.7. The van der Waals surface area contributed by atoms with Gasteiger partial charge in [-0.1, -0.05) is 29.3 Å². The van der Waals surface area contributed by atoms with E-state index in [-0.39, 0.29) is 6.42 Å². The molecule has 2 N–H and O–H groups in total. The lowest BCUT2D eigenvalue weighted by molar-refractivity contribution is -0.136. The predicted molar refractivity (Wildman–Crippen MR) is 112 cm³/mol. The van der Waals surface area contributed by atoms with E-state index in [2.05, 4.69) is 10.3 Å². The Labute approximate surface area is 175 Å². The topological polar surface area (TPSA) is 80.7 Å². The fourth-order valence-electron chi connectivity index (χ4n) is 2.59. The molecule has 0 saturated heterocycles. The summed E-state index contributed by atoms with van der Waals surface area (Å²) in [4.78, 5) is 16.5. The number of carbonyl (C=O) groups is 1. The van der Waals surface area contributed by atoms with Crippen molar-refractivity contribution in [3.8, 4) is 22.8 Å². The van der Waals surface area contributed by atoms with E-state index < -0.39 is 5.97 Å². The number of hydrogen-bond donors (Lipinski definition) is 2. The minimum Gasteiger partial charge on any atom is -0.497 e. The number of nitrogens with one attached hydrogen (secondary N) is 1. The Morgan fingerprint density at radius 1 is 1.21 bits per heavy atom. The largest absolute Gasteiger partial charge is 0.497 e. The van der Waals surface area contributed by atoms with Gasteiger partial charge in [-0.05, 0) is 30.3 Å². The van der Waals surface area contributed by atoms with Gasteiger partial charge >= 0.3 is 5.97 Å². The molecule has 3 aromatic rings. The molecule has 6 nitrogen and oxygen atoms in total. The number of hydrogen-bond acceptors (Lipinski definition) is 6. The lowest BCUT2D eigenvalue weighted by atomic mass is 10.1. The molecule has 0 bridgehead atoms. The van der Waals surface area contributed by atoms with E-state index in [4.69, 9.17) is 32.7 Å². The van der Waals surface area contributed by atoms with Gasteiger partial charge in [0, 0.05) is 10.4 Å². The number of halogens is 2. The summed E-state index contributed by atoms with van der Waals surface area (Å²) in [5, 5.41) is 13.7. The summed E-state index contributed by atoms with van der Waals surface area (Å²) in [6.07, 6.45) is -0.182. The third-order valence-corrected chi connectivity index (χ3v) is 5.65. The molecular weight excluding hydrogens is 423 g/mol. The molecule has 0 saturated carbocycles. The Kier molecular flexibility index (Phi) is 6.28. The number of aromatic nitrogens is 1. The highest BCUT2D eigenvalue weighted by molar-refractivity contribution is 7.16. The quantitative estimate of drug-likeness (QED) is 0.506. The molecule has 28 heavy (non-hydrogen) atoms. The number of aliphatic carboxylic acids is 1.